The molecule has 0 spiro atoms. The van der Waals surface area contributed by atoms with Crippen molar-refractivity contribution in [3.05, 3.63) is 23.8 Å². The first-order valence-corrected chi connectivity index (χ1v) is 7.75. The van der Waals surface area contributed by atoms with Crippen LogP contribution < -0.4 is 14.8 Å². The molecule has 1 N–H and O–H groups in total. The second-order valence-corrected chi connectivity index (χ2v) is 5.50. The topological polar surface area (TPSA) is 94.2 Å². The highest BCUT2D eigenvalue weighted by molar-refractivity contribution is 5.96. The van der Waals surface area contributed by atoms with E-state index < -0.39 is 11.9 Å². The van der Waals surface area contributed by atoms with Gasteiger partial charge in [0, 0.05) is 18.7 Å². The third kappa shape index (κ3) is 3.76. The fourth-order valence-corrected chi connectivity index (χ4v) is 2.54. The van der Waals surface area contributed by atoms with Gasteiger partial charge in [-0.25, -0.2) is 0 Å². The number of rotatable bonds is 5. The molecule has 0 saturated carbocycles. The maximum atomic E-state index is 12.0. The van der Waals surface area contributed by atoms with Crippen LogP contribution in [-0.4, -0.2) is 55.7 Å². The van der Waals surface area contributed by atoms with Crippen LogP contribution in [0.25, 0.3) is 0 Å². The maximum absolute atomic E-state index is 12.0. The zero-order valence-electron chi connectivity index (χ0n) is 13.1. The summed E-state index contributed by atoms with van der Waals surface area (Å²) < 4.78 is 15.2. The standard InChI is InChI=1S/C16H18N2O6/c19-14(18-5-1-2-6-18)9-22-15(20)8-17-16(21)11-3-4-12-13(7-11)24-10-23-12/h3-4,7H,1-2,5-6,8-10H2,(H,17,21). The molecule has 1 aromatic carbocycles. The molecule has 1 fully saturated rings. The van der Waals surface area contributed by atoms with Crippen molar-refractivity contribution in [2.45, 2.75) is 12.8 Å². The van der Waals surface area contributed by atoms with Gasteiger partial charge in [-0.1, -0.05) is 0 Å². The van der Waals surface area contributed by atoms with E-state index in [0.717, 1.165) is 12.8 Å². The van der Waals surface area contributed by atoms with E-state index >= 15 is 0 Å². The second-order valence-electron chi connectivity index (χ2n) is 5.50. The Morgan fingerprint density at radius 2 is 1.88 bits per heavy atom. The van der Waals surface area contributed by atoms with Gasteiger partial charge < -0.3 is 24.4 Å². The van der Waals surface area contributed by atoms with Gasteiger partial charge in [-0.15, -0.1) is 0 Å². The van der Waals surface area contributed by atoms with Crippen LogP contribution in [0.5, 0.6) is 11.5 Å². The molecule has 24 heavy (non-hydrogen) atoms. The van der Waals surface area contributed by atoms with Gasteiger partial charge in [-0.3, -0.25) is 14.4 Å². The lowest BCUT2D eigenvalue weighted by Gasteiger charge is -2.15. The molecule has 0 radical (unpaired) electrons. The lowest BCUT2D eigenvalue weighted by Crippen LogP contribution is -2.35. The van der Waals surface area contributed by atoms with Gasteiger partial charge in [0.1, 0.15) is 6.54 Å². The van der Waals surface area contributed by atoms with Crippen molar-refractivity contribution in [1.29, 1.82) is 0 Å². The van der Waals surface area contributed by atoms with Crippen molar-refractivity contribution in [3.8, 4) is 11.5 Å². The Morgan fingerprint density at radius 3 is 2.67 bits per heavy atom. The Balaban J connectivity index is 1.42. The minimum absolute atomic E-state index is 0.123. The fraction of sp³-hybridized carbons (Fsp3) is 0.438. The molecule has 0 aromatic heterocycles. The number of benzene rings is 1. The fourth-order valence-electron chi connectivity index (χ4n) is 2.54. The van der Waals surface area contributed by atoms with Crippen molar-refractivity contribution in [2.75, 3.05) is 33.0 Å². The quantitative estimate of drug-likeness (QED) is 0.779. The average molecular weight is 334 g/mol. The van der Waals surface area contributed by atoms with E-state index in [1.54, 1.807) is 23.1 Å². The maximum Gasteiger partial charge on any atom is 0.325 e. The lowest BCUT2D eigenvalue weighted by atomic mass is 10.2. The number of likely N-dealkylation sites (tertiary alicyclic amines) is 1. The molecule has 2 amide bonds. The summed E-state index contributed by atoms with van der Waals surface area (Å²) in [5.74, 6) is -0.233. The molecule has 0 bridgehead atoms. The van der Waals surface area contributed by atoms with Crippen molar-refractivity contribution in [3.63, 3.8) is 0 Å². The number of ether oxygens (including phenoxy) is 3. The van der Waals surface area contributed by atoms with Crippen LogP contribution in [0.15, 0.2) is 18.2 Å². The normalized spacial score (nSPS) is 15.2. The molecular weight excluding hydrogens is 316 g/mol. The van der Waals surface area contributed by atoms with Gasteiger partial charge in [0.05, 0.1) is 0 Å². The minimum Gasteiger partial charge on any atom is -0.454 e. The summed E-state index contributed by atoms with van der Waals surface area (Å²) in [5.41, 5.74) is 0.347. The molecule has 8 nitrogen and oxygen atoms in total. The molecular formula is C16H18N2O6. The minimum atomic E-state index is -0.656. The molecule has 2 aliphatic heterocycles. The van der Waals surface area contributed by atoms with Gasteiger partial charge >= 0.3 is 5.97 Å². The second kappa shape index (κ2) is 7.20. The smallest absolute Gasteiger partial charge is 0.325 e. The monoisotopic (exact) mass is 334 g/mol. The van der Waals surface area contributed by atoms with Crippen molar-refractivity contribution < 1.29 is 28.6 Å². The van der Waals surface area contributed by atoms with Crippen LogP contribution in [0, 0.1) is 0 Å². The van der Waals surface area contributed by atoms with E-state index in [2.05, 4.69) is 5.32 Å². The molecule has 0 unspecified atom stereocenters. The van der Waals surface area contributed by atoms with E-state index in [1.807, 2.05) is 0 Å². The zero-order chi connectivity index (χ0) is 16.9. The highest BCUT2D eigenvalue weighted by Crippen LogP contribution is 2.32. The zero-order valence-corrected chi connectivity index (χ0v) is 13.1. The molecule has 0 atom stereocenters. The van der Waals surface area contributed by atoms with E-state index in [4.69, 9.17) is 14.2 Å². The number of carbonyl (C=O) groups is 3. The van der Waals surface area contributed by atoms with Gasteiger partial charge in [0.15, 0.2) is 18.1 Å². The number of carbonyl (C=O) groups excluding carboxylic acids is 3. The highest BCUT2D eigenvalue weighted by atomic mass is 16.7. The first-order valence-electron chi connectivity index (χ1n) is 7.75. The van der Waals surface area contributed by atoms with Crippen molar-refractivity contribution in [2.24, 2.45) is 0 Å². The predicted octanol–water partition coefficient (Wildman–Crippen LogP) is 0.311. The average Bonchev–Trinajstić information content (AvgIpc) is 3.27. The number of nitrogens with zero attached hydrogens (tertiary/aromatic N) is 1. The summed E-state index contributed by atoms with van der Waals surface area (Å²) >= 11 is 0. The third-order valence-electron chi connectivity index (χ3n) is 3.84. The van der Waals surface area contributed by atoms with E-state index in [-0.39, 0.29) is 25.9 Å². The number of hydrogen-bond donors (Lipinski definition) is 1. The van der Waals surface area contributed by atoms with E-state index in [0.29, 0.717) is 30.2 Å². The molecule has 1 aromatic rings. The third-order valence-corrected chi connectivity index (χ3v) is 3.84. The Bertz CT molecular complexity index is 654. The summed E-state index contributed by atoms with van der Waals surface area (Å²) in [6, 6.07) is 4.75. The summed E-state index contributed by atoms with van der Waals surface area (Å²) in [7, 11) is 0. The summed E-state index contributed by atoms with van der Waals surface area (Å²) in [5, 5.41) is 2.45. The van der Waals surface area contributed by atoms with Crippen LogP contribution in [0.1, 0.15) is 23.2 Å². The highest BCUT2D eigenvalue weighted by Gasteiger charge is 2.20. The molecule has 2 heterocycles. The number of fused-ring (bicyclic) bond motifs is 1. The number of nitrogens with one attached hydrogen (secondary N) is 1. The molecule has 2 aliphatic rings. The summed E-state index contributed by atoms with van der Waals surface area (Å²) in [6.07, 6.45) is 1.95. The molecule has 128 valence electrons. The summed E-state index contributed by atoms with van der Waals surface area (Å²) in [4.78, 5) is 37.1. The van der Waals surface area contributed by atoms with Crippen LogP contribution in [0.4, 0.5) is 0 Å². The van der Waals surface area contributed by atoms with Crippen LogP contribution in [-0.2, 0) is 14.3 Å². The number of esters is 1. The van der Waals surface area contributed by atoms with E-state index in [9.17, 15) is 14.4 Å². The van der Waals surface area contributed by atoms with Crippen molar-refractivity contribution >= 4 is 17.8 Å². The van der Waals surface area contributed by atoms with Crippen LogP contribution in [0.2, 0.25) is 0 Å². The SMILES string of the molecule is O=C(CNC(=O)c1ccc2c(c1)OCO2)OCC(=O)N1CCCC1. The largest absolute Gasteiger partial charge is 0.454 e. The van der Waals surface area contributed by atoms with E-state index in [1.165, 1.54) is 0 Å². The Hall–Kier alpha value is -2.77. The Kier molecular flexibility index (Phi) is 4.83. The predicted molar refractivity (Wildman–Crippen MR) is 81.7 cm³/mol. The van der Waals surface area contributed by atoms with Gasteiger partial charge in [-0.05, 0) is 31.0 Å². The van der Waals surface area contributed by atoms with Crippen LogP contribution >= 0.6 is 0 Å². The lowest BCUT2D eigenvalue weighted by molar-refractivity contribution is -0.150. The molecule has 0 aliphatic carbocycles. The van der Waals surface area contributed by atoms with Crippen molar-refractivity contribution in [1.82, 2.24) is 10.2 Å². The first-order chi connectivity index (χ1) is 11.6. The van der Waals surface area contributed by atoms with Gasteiger partial charge in [-0.2, -0.15) is 0 Å². The number of hydrogen-bond acceptors (Lipinski definition) is 6. The van der Waals surface area contributed by atoms with Gasteiger partial charge in [0.25, 0.3) is 11.8 Å². The summed E-state index contributed by atoms with van der Waals surface area (Å²) in [6.45, 7) is 0.936. The Morgan fingerprint density at radius 1 is 1.12 bits per heavy atom. The molecule has 1 saturated heterocycles. The Labute approximate surface area is 138 Å². The molecule has 3 rings (SSSR count). The molecule has 8 heteroatoms. The van der Waals surface area contributed by atoms with Gasteiger partial charge in [0.2, 0.25) is 6.79 Å². The van der Waals surface area contributed by atoms with Crippen LogP contribution in [0.3, 0.4) is 0 Å². The first kappa shape index (κ1) is 16.1. The number of amides is 2.